The number of sulfonamides is 1. The molecule has 1 saturated carbocycles. The van der Waals surface area contributed by atoms with Gasteiger partial charge in [-0.3, -0.25) is 0 Å². The van der Waals surface area contributed by atoms with Gasteiger partial charge in [-0.2, -0.15) is 11.8 Å². The summed E-state index contributed by atoms with van der Waals surface area (Å²) in [5, 5.41) is 0.498. The van der Waals surface area contributed by atoms with E-state index >= 15 is 0 Å². The van der Waals surface area contributed by atoms with Crippen molar-refractivity contribution in [2.45, 2.75) is 49.3 Å². The van der Waals surface area contributed by atoms with Crippen LogP contribution < -0.4 is 10.5 Å². The van der Waals surface area contributed by atoms with Gasteiger partial charge in [0.1, 0.15) is 5.82 Å². The largest absolute Gasteiger partial charge is 0.396 e. The average Bonchev–Trinajstić information content (AvgIpc) is 2.82. The number of hydrogen-bond donors (Lipinski definition) is 2. The molecule has 2 atom stereocenters. The summed E-state index contributed by atoms with van der Waals surface area (Å²) >= 11 is 1.76. The van der Waals surface area contributed by atoms with Crippen LogP contribution in [0.3, 0.4) is 0 Å². The second-order valence-corrected chi connectivity index (χ2v) is 8.32. The molecule has 0 saturated heterocycles. The van der Waals surface area contributed by atoms with Gasteiger partial charge in [0.05, 0.1) is 10.6 Å². The van der Waals surface area contributed by atoms with Gasteiger partial charge in [-0.05, 0) is 56.6 Å². The monoisotopic (exact) mass is 332 g/mol. The molecule has 1 aliphatic rings. The Morgan fingerprint density at radius 3 is 2.62 bits per heavy atom. The smallest absolute Gasteiger partial charge is 0.241 e. The summed E-state index contributed by atoms with van der Waals surface area (Å²) in [6, 6.07) is 1.12. The molecule has 0 aromatic heterocycles. The lowest BCUT2D eigenvalue weighted by Crippen LogP contribution is -2.34. The highest BCUT2D eigenvalue weighted by Gasteiger charge is 2.30. The van der Waals surface area contributed by atoms with E-state index in [0.717, 1.165) is 19.3 Å². The first kappa shape index (κ1) is 16.6. The van der Waals surface area contributed by atoms with Crippen molar-refractivity contribution in [1.29, 1.82) is 0 Å². The Morgan fingerprint density at radius 1 is 1.38 bits per heavy atom. The molecule has 1 aromatic rings. The van der Waals surface area contributed by atoms with Crippen molar-refractivity contribution in [2.75, 3.05) is 12.0 Å². The summed E-state index contributed by atoms with van der Waals surface area (Å²) in [5.74, 6) is -0.577. The molecule has 7 heteroatoms. The van der Waals surface area contributed by atoms with Gasteiger partial charge >= 0.3 is 0 Å². The summed E-state index contributed by atoms with van der Waals surface area (Å²) in [6.45, 7) is 3.13. The molecule has 1 aromatic carbocycles. The summed E-state index contributed by atoms with van der Waals surface area (Å²) in [7, 11) is -3.68. The van der Waals surface area contributed by atoms with Gasteiger partial charge in [0.25, 0.3) is 0 Å². The van der Waals surface area contributed by atoms with E-state index in [1.54, 1.807) is 25.6 Å². The Balaban J connectivity index is 2.31. The highest BCUT2D eigenvalue weighted by molar-refractivity contribution is 7.99. The molecule has 21 heavy (non-hydrogen) atoms. The van der Waals surface area contributed by atoms with E-state index in [4.69, 9.17) is 5.73 Å². The Hall–Kier alpha value is -0.790. The van der Waals surface area contributed by atoms with Crippen molar-refractivity contribution in [3.05, 3.63) is 23.0 Å². The fraction of sp³-hybridized carbons (Fsp3) is 0.571. The number of anilines is 1. The minimum atomic E-state index is -3.68. The lowest BCUT2D eigenvalue weighted by atomic mass is 10.1. The molecule has 0 spiro atoms. The average molecular weight is 332 g/mol. The maximum atomic E-state index is 13.6. The van der Waals surface area contributed by atoms with Gasteiger partial charge in [0, 0.05) is 11.3 Å². The number of nitrogen functional groups attached to an aromatic ring is 1. The fourth-order valence-electron chi connectivity index (χ4n) is 2.88. The Bertz CT molecular complexity index is 647. The van der Waals surface area contributed by atoms with Crippen LogP contribution in [0.4, 0.5) is 10.1 Å². The maximum absolute atomic E-state index is 13.6. The highest BCUT2D eigenvalue weighted by atomic mass is 32.2. The zero-order valence-electron chi connectivity index (χ0n) is 12.4. The number of nitrogens with one attached hydrogen (secondary N) is 1. The first-order valence-corrected chi connectivity index (χ1v) is 9.63. The normalized spacial score (nSPS) is 22.7. The van der Waals surface area contributed by atoms with Crippen molar-refractivity contribution in [3.63, 3.8) is 0 Å². The lowest BCUT2D eigenvalue weighted by molar-refractivity contribution is 0.551. The zero-order valence-corrected chi connectivity index (χ0v) is 14.1. The lowest BCUT2D eigenvalue weighted by Gasteiger charge is -2.17. The van der Waals surface area contributed by atoms with Crippen LogP contribution in [0.5, 0.6) is 0 Å². The number of aryl methyl sites for hydroxylation is 1. The van der Waals surface area contributed by atoms with Crippen LogP contribution in [-0.4, -0.2) is 26.0 Å². The molecule has 1 fully saturated rings. The molecule has 4 nitrogen and oxygen atoms in total. The third-order valence-electron chi connectivity index (χ3n) is 4.01. The van der Waals surface area contributed by atoms with E-state index in [9.17, 15) is 12.8 Å². The number of benzene rings is 1. The van der Waals surface area contributed by atoms with E-state index < -0.39 is 15.8 Å². The molecular formula is C14H21FN2O2S2. The zero-order chi connectivity index (χ0) is 15.8. The molecule has 1 aliphatic carbocycles. The van der Waals surface area contributed by atoms with Crippen molar-refractivity contribution >= 4 is 27.5 Å². The molecular weight excluding hydrogens is 311 g/mol. The Morgan fingerprint density at radius 2 is 2.05 bits per heavy atom. The van der Waals surface area contributed by atoms with Gasteiger partial charge in [-0.1, -0.05) is 0 Å². The van der Waals surface area contributed by atoms with E-state index in [0.29, 0.717) is 10.8 Å². The van der Waals surface area contributed by atoms with Crippen LogP contribution in [0.2, 0.25) is 0 Å². The molecule has 0 aliphatic heterocycles. The predicted molar refractivity (Wildman–Crippen MR) is 85.5 cm³/mol. The van der Waals surface area contributed by atoms with Crippen LogP contribution in [0, 0.1) is 19.7 Å². The summed E-state index contributed by atoms with van der Waals surface area (Å²) in [5.41, 5.74) is 6.18. The standard InChI is InChI=1S/C14H21FN2O2S2/c1-8-6-12(15)13(16)9(2)14(8)21(18,19)17-10-4-5-11(7-10)20-3/h6,10-11,17H,4-5,7,16H2,1-3H3. The molecule has 0 heterocycles. The van der Waals surface area contributed by atoms with Crippen LogP contribution in [0.1, 0.15) is 30.4 Å². The summed E-state index contributed by atoms with van der Waals surface area (Å²) in [4.78, 5) is 0.106. The van der Waals surface area contributed by atoms with Crippen LogP contribution >= 0.6 is 11.8 Å². The Kier molecular flexibility index (Phi) is 4.85. The maximum Gasteiger partial charge on any atom is 0.241 e. The molecule has 118 valence electrons. The van der Waals surface area contributed by atoms with Crippen LogP contribution in [0.15, 0.2) is 11.0 Å². The van der Waals surface area contributed by atoms with E-state index in [-0.39, 0.29) is 22.2 Å². The second kappa shape index (κ2) is 6.14. The molecule has 0 amide bonds. The Labute approximate surface area is 129 Å². The quantitative estimate of drug-likeness (QED) is 0.831. The first-order valence-electron chi connectivity index (χ1n) is 6.86. The summed E-state index contributed by atoms with van der Waals surface area (Å²) in [6.07, 6.45) is 4.71. The van der Waals surface area contributed by atoms with Gasteiger partial charge in [-0.15, -0.1) is 0 Å². The van der Waals surface area contributed by atoms with Crippen LogP contribution in [-0.2, 0) is 10.0 Å². The van der Waals surface area contributed by atoms with Crippen LogP contribution in [0.25, 0.3) is 0 Å². The first-order chi connectivity index (χ1) is 9.76. The molecule has 2 unspecified atom stereocenters. The number of rotatable bonds is 4. The van der Waals surface area contributed by atoms with Crippen molar-refractivity contribution < 1.29 is 12.8 Å². The molecule has 0 bridgehead atoms. The van der Waals surface area contributed by atoms with Gasteiger partial charge in [0.15, 0.2) is 0 Å². The third kappa shape index (κ3) is 3.35. The van der Waals surface area contributed by atoms with E-state index in [1.807, 2.05) is 6.26 Å². The van der Waals surface area contributed by atoms with Gasteiger partial charge in [0.2, 0.25) is 10.0 Å². The number of hydrogen-bond acceptors (Lipinski definition) is 4. The number of nitrogens with two attached hydrogens (primary N) is 1. The minimum Gasteiger partial charge on any atom is -0.396 e. The fourth-order valence-corrected chi connectivity index (χ4v) is 5.45. The van der Waals surface area contributed by atoms with Crippen molar-refractivity contribution in [1.82, 2.24) is 4.72 Å². The second-order valence-electron chi connectivity index (χ2n) is 5.53. The van der Waals surface area contributed by atoms with E-state index in [1.165, 1.54) is 6.07 Å². The van der Waals surface area contributed by atoms with E-state index in [2.05, 4.69) is 4.72 Å². The SMILES string of the molecule is CSC1CCC(NS(=O)(=O)c2c(C)cc(F)c(N)c2C)C1. The predicted octanol–water partition coefficient (Wildman–Crippen LogP) is 2.59. The number of thioether (sulfide) groups is 1. The molecule has 3 N–H and O–H groups in total. The molecule has 0 radical (unpaired) electrons. The van der Waals surface area contributed by atoms with Gasteiger partial charge < -0.3 is 5.73 Å². The highest BCUT2D eigenvalue weighted by Crippen LogP contribution is 2.31. The number of halogens is 1. The van der Waals surface area contributed by atoms with Crippen molar-refractivity contribution in [2.24, 2.45) is 0 Å². The third-order valence-corrected chi connectivity index (χ3v) is 6.92. The summed E-state index contributed by atoms with van der Waals surface area (Å²) < 4.78 is 41.5. The molecule has 2 rings (SSSR count). The van der Waals surface area contributed by atoms with Gasteiger partial charge in [-0.25, -0.2) is 17.5 Å². The minimum absolute atomic E-state index is 0.0578. The van der Waals surface area contributed by atoms with Crippen molar-refractivity contribution in [3.8, 4) is 0 Å². The topological polar surface area (TPSA) is 72.2 Å².